The van der Waals surface area contributed by atoms with Gasteiger partial charge in [-0.1, -0.05) is 54.6 Å². The number of carbonyl (C=O) groups excluding carboxylic acids is 1. The molecular weight excluding hydrogens is 262 g/mol. The van der Waals surface area contributed by atoms with Crippen molar-refractivity contribution in [2.45, 2.75) is 6.10 Å². The quantitative estimate of drug-likeness (QED) is 0.616. The zero-order valence-electron chi connectivity index (χ0n) is 12.3. The largest absolute Gasteiger partial charge is 0.373 e. The molecule has 0 aromatic heterocycles. The smallest absolute Gasteiger partial charge is 0.250 e. The van der Waals surface area contributed by atoms with Gasteiger partial charge in [0.15, 0.2) is 0 Å². The van der Waals surface area contributed by atoms with Crippen LogP contribution in [0, 0.1) is 5.41 Å². The molecule has 1 aliphatic heterocycles. The van der Waals surface area contributed by atoms with Gasteiger partial charge < -0.3 is 9.64 Å². The van der Waals surface area contributed by atoms with Crippen molar-refractivity contribution in [3.8, 4) is 0 Å². The first kappa shape index (κ1) is 13.8. The van der Waals surface area contributed by atoms with Gasteiger partial charge in [0.25, 0.3) is 5.91 Å². The van der Waals surface area contributed by atoms with Crippen LogP contribution in [0.25, 0.3) is 6.08 Å². The Kier molecular flexibility index (Phi) is 3.52. The second kappa shape index (κ2) is 5.34. The molecule has 0 bridgehead atoms. The number of ether oxygens (including phenoxy) is 1. The Morgan fingerprint density at radius 1 is 1.24 bits per heavy atom. The van der Waals surface area contributed by atoms with Crippen LogP contribution in [0.15, 0.2) is 60.2 Å². The van der Waals surface area contributed by atoms with Crippen molar-refractivity contribution in [2.75, 3.05) is 20.7 Å². The molecule has 2 aliphatic rings. The Hall–Kier alpha value is -2.13. The highest BCUT2D eigenvalue weighted by Gasteiger charge is 2.44. The van der Waals surface area contributed by atoms with Crippen molar-refractivity contribution < 1.29 is 9.53 Å². The summed E-state index contributed by atoms with van der Waals surface area (Å²) in [5.74, 6) is 0.0871. The first-order valence-corrected chi connectivity index (χ1v) is 7.09. The van der Waals surface area contributed by atoms with Crippen LogP contribution in [0.4, 0.5) is 0 Å². The lowest BCUT2D eigenvalue weighted by molar-refractivity contribution is -0.123. The highest BCUT2D eigenvalue weighted by molar-refractivity contribution is 6.02. The fourth-order valence-electron chi connectivity index (χ4n) is 2.96. The Labute approximate surface area is 125 Å². The molecule has 0 saturated carbocycles. The number of amides is 1. The van der Waals surface area contributed by atoms with E-state index in [4.69, 9.17) is 4.74 Å². The van der Waals surface area contributed by atoms with Gasteiger partial charge in [-0.05, 0) is 11.6 Å². The maximum Gasteiger partial charge on any atom is 0.250 e. The van der Waals surface area contributed by atoms with Crippen molar-refractivity contribution in [3.05, 3.63) is 65.8 Å². The molecule has 108 valence electrons. The van der Waals surface area contributed by atoms with Crippen molar-refractivity contribution in [2.24, 2.45) is 5.41 Å². The maximum absolute atomic E-state index is 12.5. The van der Waals surface area contributed by atoms with Crippen LogP contribution < -0.4 is 0 Å². The molecule has 1 aromatic rings. The minimum absolute atomic E-state index is 0.00499. The van der Waals surface area contributed by atoms with Gasteiger partial charge in [-0.15, -0.1) is 0 Å². The second-order valence-corrected chi connectivity index (χ2v) is 5.59. The Bertz CT molecular complexity index is 614. The monoisotopic (exact) mass is 281 g/mol. The van der Waals surface area contributed by atoms with Crippen molar-refractivity contribution >= 4 is 12.0 Å². The van der Waals surface area contributed by atoms with Crippen LogP contribution in [0.3, 0.4) is 0 Å². The zero-order chi connectivity index (χ0) is 14.9. The molecule has 1 heterocycles. The lowest BCUT2D eigenvalue weighted by atomic mass is 9.78. The van der Waals surface area contributed by atoms with Crippen molar-refractivity contribution in [1.29, 1.82) is 0 Å². The van der Waals surface area contributed by atoms with E-state index in [1.807, 2.05) is 55.6 Å². The third-order valence-electron chi connectivity index (χ3n) is 4.13. The standard InChI is InChI=1S/C18H19NO2/c1-19-13-18(10-8-15(21-2)9-11-18)16(17(19)20)12-14-6-4-3-5-7-14/h3-12,15H,13H2,1-2H3/b16-12+. The van der Waals surface area contributed by atoms with Crippen molar-refractivity contribution in [1.82, 2.24) is 4.90 Å². The highest BCUT2D eigenvalue weighted by atomic mass is 16.5. The molecule has 3 rings (SSSR count). The third-order valence-corrected chi connectivity index (χ3v) is 4.13. The minimum Gasteiger partial charge on any atom is -0.373 e. The van der Waals surface area contributed by atoms with Gasteiger partial charge in [-0.25, -0.2) is 0 Å². The molecule has 1 saturated heterocycles. The van der Waals surface area contributed by atoms with Gasteiger partial charge in [-0.2, -0.15) is 0 Å². The molecule has 3 nitrogen and oxygen atoms in total. The lowest BCUT2D eigenvalue weighted by Gasteiger charge is -2.26. The Morgan fingerprint density at radius 2 is 1.90 bits per heavy atom. The average molecular weight is 281 g/mol. The number of hydrogen-bond acceptors (Lipinski definition) is 2. The van der Waals surface area contributed by atoms with Gasteiger partial charge in [0.1, 0.15) is 0 Å². The van der Waals surface area contributed by atoms with Gasteiger partial charge in [0.05, 0.1) is 11.5 Å². The summed E-state index contributed by atoms with van der Waals surface area (Å²) in [5, 5.41) is 0. The van der Waals surface area contributed by atoms with Crippen LogP contribution in [-0.4, -0.2) is 37.6 Å². The van der Waals surface area contributed by atoms with E-state index in [0.29, 0.717) is 6.54 Å². The number of methoxy groups -OCH3 is 1. The van der Waals surface area contributed by atoms with E-state index in [2.05, 4.69) is 12.2 Å². The number of likely N-dealkylation sites (N-methyl/N-ethyl adjacent to an activating group) is 1. The van der Waals surface area contributed by atoms with Crippen LogP contribution >= 0.6 is 0 Å². The number of likely N-dealkylation sites (tertiary alicyclic amines) is 1. The number of rotatable bonds is 2. The first-order valence-electron chi connectivity index (χ1n) is 7.09. The first-order chi connectivity index (χ1) is 10.1. The Balaban J connectivity index is 2.02. The summed E-state index contributed by atoms with van der Waals surface area (Å²) in [7, 11) is 3.53. The molecule has 0 unspecified atom stereocenters. The van der Waals surface area contributed by atoms with E-state index in [9.17, 15) is 4.79 Å². The number of carbonyl (C=O) groups is 1. The molecule has 1 aromatic carbocycles. The summed E-state index contributed by atoms with van der Waals surface area (Å²) in [4.78, 5) is 14.3. The fraction of sp³-hybridized carbons (Fsp3) is 0.278. The summed E-state index contributed by atoms with van der Waals surface area (Å²) in [6, 6.07) is 9.97. The van der Waals surface area contributed by atoms with Crippen LogP contribution in [0.2, 0.25) is 0 Å². The second-order valence-electron chi connectivity index (χ2n) is 5.59. The van der Waals surface area contributed by atoms with Gasteiger partial charge >= 0.3 is 0 Å². The lowest BCUT2D eigenvalue weighted by Crippen LogP contribution is -2.25. The number of nitrogens with zero attached hydrogens (tertiary/aromatic N) is 1. The molecule has 0 atom stereocenters. The number of benzene rings is 1. The van der Waals surface area contributed by atoms with E-state index in [-0.39, 0.29) is 17.4 Å². The molecule has 1 fully saturated rings. The molecule has 0 radical (unpaired) electrons. The predicted octanol–water partition coefficient (Wildman–Crippen LogP) is 2.67. The van der Waals surface area contributed by atoms with Gasteiger partial charge in [0, 0.05) is 26.3 Å². The summed E-state index contributed by atoms with van der Waals surface area (Å²) >= 11 is 0. The van der Waals surface area contributed by atoms with Gasteiger partial charge in [-0.3, -0.25) is 4.79 Å². The third kappa shape index (κ3) is 2.45. The SMILES string of the molecule is COC1C=CC2(C=C1)CN(C)C(=O)/C2=C\c1ccccc1. The van der Waals surface area contributed by atoms with Crippen LogP contribution in [0.5, 0.6) is 0 Å². The average Bonchev–Trinajstić information content (AvgIpc) is 2.74. The minimum atomic E-state index is -0.337. The molecule has 1 aliphatic carbocycles. The predicted molar refractivity (Wildman–Crippen MR) is 83.6 cm³/mol. The highest BCUT2D eigenvalue weighted by Crippen LogP contribution is 2.41. The zero-order valence-corrected chi connectivity index (χ0v) is 12.3. The van der Waals surface area contributed by atoms with Crippen LogP contribution in [0.1, 0.15) is 5.56 Å². The van der Waals surface area contributed by atoms with Crippen LogP contribution in [-0.2, 0) is 9.53 Å². The summed E-state index contributed by atoms with van der Waals surface area (Å²) in [6.45, 7) is 0.675. The number of hydrogen-bond donors (Lipinski definition) is 0. The fourth-order valence-corrected chi connectivity index (χ4v) is 2.96. The normalized spacial score (nSPS) is 29.8. The summed E-state index contributed by atoms with van der Waals surface area (Å²) in [5.41, 5.74) is 1.53. The Morgan fingerprint density at radius 3 is 2.52 bits per heavy atom. The summed E-state index contributed by atoms with van der Waals surface area (Å²) < 4.78 is 5.31. The van der Waals surface area contributed by atoms with E-state index in [1.165, 1.54) is 0 Å². The van der Waals surface area contributed by atoms with Crippen molar-refractivity contribution in [3.63, 3.8) is 0 Å². The van der Waals surface area contributed by atoms with E-state index < -0.39 is 0 Å². The van der Waals surface area contributed by atoms with E-state index in [0.717, 1.165) is 11.1 Å². The van der Waals surface area contributed by atoms with Gasteiger partial charge in [0.2, 0.25) is 0 Å². The van der Waals surface area contributed by atoms with E-state index >= 15 is 0 Å². The molecular formula is C18H19NO2. The molecule has 0 N–H and O–H groups in total. The molecule has 3 heteroatoms. The molecule has 1 amide bonds. The molecule has 21 heavy (non-hydrogen) atoms. The topological polar surface area (TPSA) is 29.5 Å². The maximum atomic E-state index is 12.5. The molecule has 1 spiro atoms. The van der Waals surface area contributed by atoms with E-state index in [1.54, 1.807) is 12.0 Å². The summed E-state index contributed by atoms with van der Waals surface area (Å²) in [6.07, 6.45) is 10.2.